The number of rotatable bonds is 5. The third kappa shape index (κ3) is 2.31. The maximum absolute atomic E-state index is 11.4. The van der Waals surface area contributed by atoms with E-state index in [1.807, 2.05) is 0 Å². The molecule has 1 rings (SSSR count). The lowest BCUT2D eigenvalue weighted by molar-refractivity contribution is -0.244. The largest absolute Gasteiger partial charge is 0.368 e. The molecule has 0 aliphatic carbocycles. The summed E-state index contributed by atoms with van der Waals surface area (Å²) in [5.41, 5.74) is 9.70. The Hall–Kier alpha value is -1.43. The van der Waals surface area contributed by atoms with Crippen molar-refractivity contribution in [3.63, 3.8) is 0 Å². The van der Waals surface area contributed by atoms with Gasteiger partial charge in [-0.1, -0.05) is 30.3 Å². The van der Waals surface area contributed by atoms with E-state index in [4.69, 9.17) is 16.2 Å². The molecule has 5 heteroatoms. The second-order valence-electron chi connectivity index (χ2n) is 4.01. The quantitative estimate of drug-likeness (QED) is 0.632. The number of carbonyl (C=O) groups excluding carboxylic acids is 1. The average Bonchev–Trinajstić information content (AvgIpc) is 2.30. The van der Waals surface area contributed by atoms with Crippen molar-refractivity contribution in [2.45, 2.75) is 25.2 Å². The maximum Gasteiger partial charge on any atom is 0.243 e. The van der Waals surface area contributed by atoms with Crippen LogP contribution in [-0.4, -0.2) is 23.2 Å². The molecule has 5 N–H and O–H groups in total. The molecule has 0 bridgehead atoms. The Morgan fingerprint density at radius 3 is 2.35 bits per heavy atom. The van der Waals surface area contributed by atoms with Gasteiger partial charge in [0.15, 0.2) is 5.54 Å². The summed E-state index contributed by atoms with van der Waals surface area (Å²) < 4.78 is 5.27. The van der Waals surface area contributed by atoms with Gasteiger partial charge in [-0.25, -0.2) is 0 Å². The molecule has 0 aliphatic rings. The summed E-state index contributed by atoms with van der Waals surface area (Å²) in [6.07, 6.45) is 0. The lowest BCUT2D eigenvalue weighted by Crippen LogP contribution is -2.65. The topological polar surface area (TPSA) is 98.6 Å². The number of nitrogens with two attached hydrogens (primary N) is 2. The van der Waals surface area contributed by atoms with Gasteiger partial charge in [-0.15, -0.1) is 0 Å². The number of carbonyl (C=O) groups is 1. The number of hydrogen-bond acceptors (Lipinski definition) is 4. The Morgan fingerprint density at radius 2 is 1.94 bits per heavy atom. The molecule has 2 atom stereocenters. The van der Waals surface area contributed by atoms with Crippen LogP contribution < -0.4 is 11.5 Å². The number of ether oxygens (including phenoxy) is 1. The second-order valence-corrected chi connectivity index (χ2v) is 4.01. The van der Waals surface area contributed by atoms with Gasteiger partial charge in [-0.3, -0.25) is 4.79 Å². The van der Waals surface area contributed by atoms with Crippen molar-refractivity contribution in [3.8, 4) is 0 Å². The van der Waals surface area contributed by atoms with E-state index in [-0.39, 0.29) is 6.61 Å². The van der Waals surface area contributed by atoms with Crippen molar-refractivity contribution in [2.24, 2.45) is 11.5 Å². The standard InChI is InChI=1S/C12H18N2O3/c1-3-17-12(16,11(2,14)10(13)15)9-7-5-4-6-8-9/h4-8,16H,3,14H2,1-2H3,(H2,13,15). The molecule has 0 heterocycles. The van der Waals surface area contributed by atoms with Gasteiger partial charge in [0.2, 0.25) is 11.7 Å². The van der Waals surface area contributed by atoms with Crippen LogP contribution >= 0.6 is 0 Å². The highest BCUT2D eigenvalue weighted by Crippen LogP contribution is 2.32. The molecule has 2 unspecified atom stereocenters. The number of hydrogen-bond donors (Lipinski definition) is 3. The van der Waals surface area contributed by atoms with Crippen LogP contribution in [0.2, 0.25) is 0 Å². The fourth-order valence-corrected chi connectivity index (χ4v) is 1.57. The first-order chi connectivity index (χ1) is 7.86. The van der Waals surface area contributed by atoms with Crippen molar-refractivity contribution in [2.75, 3.05) is 6.61 Å². The summed E-state index contributed by atoms with van der Waals surface area (Å²) in [4.78, 5) is 11.4. The molecular weight excluding hydrogens is 220 g/mol. The lowest BCUT2D eigenvalue weighted by atomic mass is 9.85. The predicted molar refractivity (Wildman–Crippen MR) is 63.8 cm³/mol. The summed E-state index contributed by atoms with van der Waals surface area (Å²) in [5, 5.41) is 10.5. The van der Waals surface area contributed by atoms with E-state index < -0.39 is 17.2 Å². The smallest absolute Gasteiger partial charge is 0.243 e. The first kappa shape index (κ1) is 13.6. The average molecular weight is 238 g/mol. The SMILES string of the molecule is CCOC(O)(c1ccccc1)C(C)(N)C(N)=O. The van der Waals surface area contributed by atoms with E-state index in [0.717, 1.165) is 0 Å². The molecule has 1 aromatic rings. The molecule has 17 heavy (non-hydrogen) atoms. The highest BCUT2D eigenvalue weighted by Gasteiger charge is 2.51. The van der Waals surface area contributed by atoms with Gasteiger partial charge >= 0.3 is 0 Å². The number of aliphatic hydroxyl groups is 1. The van der Waals surface area contributed by atoms with E-state index in [1.165, 1.54) is 6.92 Å². The molecule has 0 saturated carbocycles. The first-order valence-electron chi connectivity index (χ1n) is 5.37. The van der Waals surface area contributed by atoms with E-state index in [0.29, 0.717) is 5.56 Å². The number of primary amides is 1. The Morgan fingerprint density at radius 1 is 1.41 bits per heavy atom. The van der Waals surface area contributed by atoms with Gasteiger partial charge in [0.25, 0.3) is 0 Å². The van der Waals surface area contributed by atoms with Gasteiger partial charge in [0.1, 0.15) is 0 Å². The monoisotopic (exact) mass is 238 g/mol. The minimum Gasteiger partial charge on any atom is -0.368 e. The van der Waals surface area contributed by atoms with Crippen LogP contribution in [0.4, 0.5) is 0 Å². The molecule has 0 radical (unpaired) electrons. The summed E-state index contributed by atoms with van der Waals surface area (Å²) in [6.45, 7) is 3.24. The molecule has 0 aromatic heterocycles. The Balaban J connectivity index is 3.28. The van der Waals surface area contributed by atoms with Crippen molar-refractivity contribution in [1.29, 1.82) is 0 Å². The Labute approximate surface area is 100 Å². The van der Waals surface area contributed by atoms with Gasteiger partial charge in [0.05, 0.1) is 0 Å². The van der Waals surface area contributed by atoms with Crippen molar-refractivity contribution in [1.82, 2.24) is 0 Å². The van der Waals surface area contributed by atoms with E-state index in [2.05, 4.69) is 0 Å². The van der Waals surface area contributed by atoms with Crippen molar-refractivity contribution in [3.05, 3.63) is 35.9 Å². The third-order valence-electron chi connectivity index (χ3n) is 2.73. The third-order valence-corrected chi connectivity index (χ3v) is 2.73. The fraction of sp³-hybridized carbons (Fsp3) is 0.417. The van der Waals surface area contributed by atoms with Crippen LogP contribution in [0.25, 0.3) is 0 Å². The van der Waals surface area contributed by atoms with E-state index >= 15 is 0 Å². The fourth-order valence-electron chi connectivity index (χ4n) is 1.57. The second kappa shape index (κ2) is 4.83. The zero-order valence-corrected chi connectivity index (χ0v) is 10.0. The predicted octanol–water partition coefficient (Wildman–Crippen LogP) is 0.0709. The van der Waals surface area contributed by atoms with Crippen LogP contribution in [0.1, 0.15) is 19.4 Å². The Kier molecular flexibility index (Phi) is 3.87. The van der Waals surface area contributed by atoms with Crippen molar-refractivity contribution < 1.29 is 14.6 Å². The minimum atomic E-state index is -1.94. The van der Waals surface area contributed by atoms with E-state index in [9.17, 15) is 9.90 Å². The molecule has 1 aromatic carbocycles. The normalized spacial score (nSPS) is 18.1. The van der Waals surface area contributed by atoms with Gasteiger partial charge < -0.3 is 21.3 Å². The number of amides is 1. The highest BCUT2D eigenvalue weighted by atomic mass is 16.6. The summed E-state index contributed by atoms with van der Waals surface area (Å²) in [7, 11) is 0. The van der Waals surface area contributed by atoms with E-state index in [1.54, 1.807) is 37.3 Å². The first-order valence-corrected chi connectivity index (χ1v) is 5.37. The van der Waals surface area contributed by atoms with Crippen LogP contribution in [0.5, 0.6) is 0 Å². The summed E-state index contributed by atoms with van der Waals surface area (Å²) in [5.74, 6) is -2.77. The van der Waals surface area contributed by atoms with Crippen LogP contribution in [0.15, 0.2) is 30.3 Å². The molecule has 0 aliphatic heterocycles. The van der Waals surface area contributed by atoms with Gasteiger partial charge in [0, 0.05) is 12.2 Å². The molecule has 0 saturated heterocycles. The number of benzene rings is 1. The zero-order valence-electron chi connectivity index (χ0n) is 10.0. The van der Waals surface area contributed by atoms with Crippen LogP contribution in [-0.2, 0) is 15.3 Å². The zero-order chi connectivity index (χ0) is 13.1. The summed E-state index contributed by atoms with van der Waals surface area (Å²) in [6, 6.07) is 8.48. The highest BCUT2D eigenvalue weighted by molar-refractivity contribution is 5.85. The summed E-state index contributed by atoms with van der Waals surface area (Å²) >= 11 is 0. The van der Waals surface area contributed by atoms with Crippen LogP contribution in [0, 0.1) is 0 Å². The Bertz CT molecular complexity index is 392. The molecule has 5 nitrogen and oxygen atoms in total. The molecule has 94 valence electrons. The molecule has 0 spiro atoms. The maximum atomic E-state index is 11.4. The lowest BCUT2D eigenvalue weighted by Gasteiger charge is -2.39. The molecule has 0 fully saturated rings. The minimum absolute atomic E-state index is 0.200. The molecular formula is C12H18N2O3. The van der Waals surface area contributed by atoms with Gasteiger partial charge in [-0.05, 0) is 13.8 Å². The van der Waals surface area contributed by atoms with Crippen molar-refractivity contribution >= 4 is 5.91 Å². The molecule has 1 amide bonds. The van der Waals surface area contributed by atoms with Crippen LogP contribution in [0.3, 0.4) is 0 Å². The van der Waals surface area contributed by atoms with Gasteiger partial charge in [-0.2, -0.15) is 0 Å².